The van der Waals surface area contributed by atoms with Gasteiger partial charge in [0.15, 0.2) is 5.82 Å². The third-order valence-corrected chi connectivity index (χ3v) is 9.79. The predicted octanol–water partition coefficient (Wildman–Crippen LogP) is 5.47. The van der Waals surface area contributed by atoms with Crippen molar-refractivity contribution in [3.63, 3.8) is 0 Å². The van der Waals surface area contributed by atoms with Crippen LogP contribution in [0.3, 0.4) is 0 Å². The number of rotatable bonds is 9. The SMILES string of the molecule is Cc1ccc(S(=O)(=O)ONS(=O)(=O)c2ccc(N3C(Oc4ccc(Cl)cc4-c4c[nH]nc4N)=C(Cl)SC3F)cc2)cc1. The van der Waals surface area contributed by atoms with Gasteiger partial charge in [0.25, 0.3) is 10.0 Å². The lowest BCUT2D eigenvalue weighted by molar-refractivity contribution is 0.273. The second kappa shape index (κ2) is 11.8. The lowest BCUT2D eigenvalue weighted by Gasteiger charge is -2.24. The van der Waals surface area contributed by atoms with Gasteiger partial charge in [0.2, 0.25) is 11.5 Å². The molecule has 11 nitrogen and oxygen atoms in total. The molecule has 1 aliphatic heterocycles. The number of H-pyrrole nitrogens is 1. The third kappa shape index (κ3) is 6.22. The topological polar surface area (TPSA) is 157 Å². The van der Waals surface area contributed by atoms with E-state index in [9.17, 15) is 16.8 Å². The molecule has 0 aliphatic carbocycles. The summed E-state index contributed by atoms with van der Waals surface area (Å²) in [6.45, 7) is 1.76. The van der Waals surface area contributed by atoms with Crippen LogP contribution in [0.1, 0.15) is 5.56 Å². The van der Waals surface area contributed by atoms with Gasteiger partial charge in [-0.3, -0.25) is 10.00 Å². The lowest BCUT2D eigenvalue weighted by Crippen LogP contribution is -2.29. The van der Waals surface area contributed by atoms with Crippen LogP contribution in [0.25, 0.3) is 11.1 Å². The Morgan fingerprint density at radius 1 is 1.00 bits per heavy atom. The Balaban J connectivity index is 1.37. The van der Waals surface area contributed by atoms with Gasteiger partial charge in [0.05, 0.1) is 9.79 Å². The number of ether oxygens (including phenoxy) is 1. The van der Waals surface area contributed by atoms with E-state index in [0.29, 0.717) is 27.9 Å². The molecule has 1 unspecified atom stereocenters. The van der Waals surface area contributed by atoms with E-state index in [0.717, 1.165) is 22.6 Å². The van der Waals surface area contributed by atoms with Crippen LogP contribution in [0.4, 0.5) is 15.9 Å². The van der Waals surface area contributed by atoms with Crippen molar-refractivity contribution in [3.8, 4) is 16.9 Å². The number of benzene rings is 3. The minimum absolute atomic E-state index is 0.00311. The zero-order valence-electron chi connectivity index (χ0n) is 21.3. The molecule has 0 spiro atoms. The molecule has 1 atom stereocenters. The van der Waals surface area contributed by atoms with E-state index in [1.807, 2.05) is 0 Å². The van der Waals surface area contributed by atoms with E-state index in [-0.39, 0.29) is 37.3 Å². The normalized spacial score (nSPS) is 15.8. The number of nitrogen functional groups attached to an aromatic ring is 1. The van der Waals surface area contributed by atoms with Crippen molar-refractivity contribution >= 4 is 66.6 Å². The zero-order valence-corrected chi connectivity index (χ0v) is 25.2. The number of sulfonamides is 1. The van der Waals surface area contributed by atoms with Gasteiger partial charge in [-0.1, -0.05) is 45.8 Å². The van der Waals surface area contributed by atoms with Crippen LogP contribution in [0.5, 0.6) is 5.75 Å². The Bertz CT molecular complexity index is 1890. The van der Waals surface area contributed by atoms with Gasteiger partial charge in [-0.2, -0.15) is 17.8 Å². The number of halogens is 3. The summed E-state index contributed by atoms with van der Waals surface area (Å²) in [6, 6.07) is 15.2. The molecule has 5 rings (SSSR count). The number of nitrogens with two attached hydrogens (primary N) is 1. The van der Waals surface area contributed by atoms with Gasteiger partial charge in [-0.15, -0.1) is 0 Å². The monoisotopic (exact) mass is 671 g/mol. The number of anilines is 2. The van der Waals surface area contributed by atoms with Crippen LogP contribution < -0.4 is 20.3 Å². The molecule has 4 aromatic rings. The molecular weight excluding hydrogens is 652 g/mol. The van der Waals surface area contributed by atoms with Crippen molar-refractivity contribution in [3.05, 3.63) is 93.8 Å². The Morgan fingerprint density at radius 3 is 2.31 bits per heavy atom. The first-order valence-corrected chi connectivity index (χ1v) is 16.3. The predicted molar refractivity (Wildman–Crippen MR) is 158 cm³/mol. The largest absolute Gasteiger partial charge is 0.438 e. The molecule has 3 aromatic carbocycles. The number of nitrogens with zero attached hydrogens (tertiary/aromatic N) is 2. The first-order chi connectivity index (χ1) is 19.9. The summed E-state index contributed by atoms with van der Waals surface area (Å²) in [5.41, 5.74) is 6.18. The lowest BCUT2D eigenvalue weighted by atomic mass is 10.1. The fraction of sp³-hybridized carbons (Fsp3) is 0.0800. The summed E-state index contributed by atoms with van der Waals surface area (Å²) in [4.78, 5) is 2.15. The molecule has 0 fully saturated rings. The molecule has 1 aliphatic rings. The second-order valence-electron chi connectivity index (χ2n) is 8.72. The molecule has 42 heavy (non-hydrogen) atoms. The van der Waals surface area contributed by atoms with Crippen LogP contribution >= 0.6 is 35.0 Å². The molecule has 0 radical (unpaired) electrons. The van der Waals surface area contributed by atoms with Crippen LogP contribution in [0.15, 0.2) is 93.0 Å². The summed E-state index contributed by atoms with van der Waals surface area (Å²) in [5, 5.41) is 6.94. The molecule has 0 saturated carbocycles. The molecule has 0 bridgehead atoms. The summed E-state index contributed by atoms with van der Waals surface area (Å²) in [5.74, 6) is 0.362. The van der Waals surface area contributed by atoms with Crippen LogP contribution in [-0.4, -0.2) is 32.7 Å². The maximum atomic E-state index is 15.2. The molecule has 1 aromatic heterocycles. The van der Waals surface area contributed by atoms with Crippen molar-refractivity contribution in [1.82, 2.24) is 15.1 Å². The van der Waals surface area contributed by atoms with E-state index in [1.165, 1.54) is 36.4 Å². The average Bonchev–Trinajstić information content (AvgIpc) is 3.50. The highest BCUT2D eigenvalue weighted by molar-refractivity contribution is 8.05. The smallest absolute Gasteiger partial charge is 0.313 e. The summed E-state index contributed by atoms with van der Waals surface area (Å²) >= 11 is 13.2. The van der Waals surface area contributed by atoms with Crippen molar-refractivity contribution in [2.45, 2.75) is 22.3 Å². The summed E-state index contributed by atoms with van der Waals surface area (Å²) < 4.78 is 76.1. The Labute approximate surface area is 254 Å². The van der Waals surface area contributed by atoms with E-state index in [1.54, 1.807) is 36.2 Å². The number of aromatic amines is 1. The summed E-state index contributed by atoms with van der Waals surface area (Å²) in [6.07, 6.45) is 1.55. The highest BCUT2D eigenvalue weighted by atomic mass is 35.5. The number of hydrogen-bond acceptors (Lipinski definition) is 10. The number of aryl methyl sites for hydroxylation is 1. The Morgan fingerprint density at radius 2 is 1.67 bits per heavy atom. The van der Waals surface area contributed by atoms with E-state index >= 15 is 4.39 Å². The Kier molecular flexibility index (Phi) is 8.44. The molecule has 0 saturated heterocycles. The maximum absolute atomic E-state index is 15.2. The van der Waals surface area contributed by atoms with Gasteiger partial charge >= 0.3 is 10.1 Å². The van der Waals surface area contributed by atoms with Crippen molar-refractivity contribution in [1.29, 1.82) is 0 Å². The van der Waals surface area contributed by atoms with Crippen LogP contribution in [0.2, 0.25) is 5.02 Å². The molecule has 0 amide bonds. The zero-order chi connectivity index (χ0) is 30.2. The van der Waals surface area contributed by atoms with Crippen molar-refractivity contribution < 1.29 is 30.2 Å². The average molecular weight is 673 g/mol. The fourth-order valence-electron chi connectivity index (χ4n) is 3.80. The summed E-state index contributed by atoms with van der Waals surface area (Å²) in [7, 11) is -8.87. The third-order valence-electron chi connectivity index (χ3n) is 5.89. The minimum Gasteiger partial charge on any atom is -0.438 e. The van der Waals surface area contributed by atoms with E-state index < -0.39 is 25.8 Å². The van der Waals surface area contributed by atoms with Crippen molar-refractivity contribution in [2.75, 3.05) is 10.6 Å². The van der Waals surface area contributed by atoms with Gasteiger partial charge in [0, 0.05) is 28.0 Å². The minimum atomic E-state index is -4.45. The maximum Gasteiger partial charge on any atom is 0.313 e. The van der Waals surface area contributed by atoms with Gasteiger partial charge in [-0.25, -0.2) is 12.8 Å². The molecule has 2 heterocycles. The van der Waals surface area contributed by atoms with Gasteiger partial charge < -0.3 is 10.5 Å². The Hall–Kier alpha value is -3.31. The first kappa shape index (κ1) is 30.2. The van der Waals surface area contributed by atoms with Crippen LogP contribution in [0, 0.1) is 6.92 Å². The van der Waals surface area contributed by atoms with E-state index in [2.05, 4.69) is 14.5 Å². The molecule has 4 N–H and O–H groups in total. The standard InChI is InChI=1S/C25H20Cl2FN5O6S3/c1-14-2-7-18(8-3-14)42(36,37)39-32-41(34,35)17-9-5-16(6-10-17)33-24(22(27)40-25(33)28)38-21-11-4-15(26)12-19(21)20-13-30-31-23(20)29/h2-13,25,32H,1H3,(H3,29,30,31). The highest BCUT2D eigenvalue weighted by Crippen LogP contribution is 2.46. The van der Waals surface area contributed by atoms with Crippen LogP contribution in [-0.2, 0) is 24.4 Å². The van der Waals surface area contributed by atoms with Gasteiger partial charge in [-0.05, 0) is 73.3 Å². The second-order valence-corrected chi connectivity index (χ2v) is 14.0. The molecule has 17 heteroatoms. The van der Waals surface area contributed by atoms with E-state index in [4.69, 9.17) is 33.7 Å². The number of thioether (sulfide) groups is 1. The highest BCUT2D eigenvalue weighted by Gasteiger charge is 2.36. The fourth-order valence-corrected chi connectivity index (χ4v) is 6.93. The quantitative estimate of drug-likeness (QED) is 0.154. The molecular formula is C25H20Cl2FN5O6S3. The van der Waals surface area contributed by atoms with Crippen molar-refractivity contribution in [2.24, 2.45) is 0 Å². The molecule has 220 valence electrons. The number of alkyl halides is 1. The number of aromatic nitrogens is 2. The van der Waals surface area contributed by atoms with Gasteiger partial charge in [0.1, 0.15) is 10.1 Å². The number of hydrogen-bond donors (Lipinski definition) is 3. The first-order valence-electron chi connectivity index (χ1n) is 11.7. The number of nitrogens with one attached hydrogen (secondary N) is 2.